The zero-order chi connectivity index (χ0) is 49.5. The van der Waals surface area contributed by atoms with E-state index in [1.165, 1.54) is 12.0 Å². The second-order valence-electron chi connectivity index (χ2n) is 17.9. The first-order chi connectivity index (χ1) is 33.2. The van der Waals surface area contributed by atoms with E-state index in [0.29, 0.717) is 61.2 Å². The number of carbonyl (C=O) groups is 5. The molecule has 368 valence electrons. The molecule has 0 saturated carbocycles. The summed E-state index contributed by atoms with van der Waals surface area (Å²) in [5.41, 5.74) is 10.2. The first kappa shape index (κ1) is 51.8. The normalized spacial score (nSPS) is 16.1. The van der Waals surface area contributed by atoms with Gasteiger partial charge in [-0.3, -0.25) is 19.2 Å². The summed E-state index contributed by atoms with van der Waals surface area (Å²) >= 11 is 0. The maximum Gasteiger partial charge on any atom is 0.408 e. The van der Waals surface area contributed by atoms with Crippen molar-refractivity contribution in [2.24, 2.45) is 10.1 Å². The molecule has 2 saturated heterocycles. The van der Waals surface area contributed by atoms with E-state index >= 15 is 4.79 Å². The van der Waals surface area contributed by atoms with E-state index in [9.17, 15) is 27.6 Å². The van der Waals surface area contributed by atoms with Crippen LogP contribution in [0.5, 0.6) is 5.75 Å². The number of ether oxygens (including phenoxy) is 2. The summed E-state index contributed by atoms with van der Waals surface area (Å²) in [6.07, 6.45) is 3.74. The van der Waals surface area contributed by atoms with Crippen LogP contribution in [0.2, 0.25) is 0 Å². The summed E-state index contributed by atoms with van der Waals surface area (Å²) in [6.45, 7) is 6.63. The number of hydrogen-bond acceptors (Lipinski definition) is 9. The number of Topliss-reactive ketones (excluding diaryl/α,β-unsaturated/α-hetero) is 1. The predicted molar refractivity (Wildman–Crippen MR) is 264 cm³/mol. The van der Waals surface area contributed by atoms with Crippen molar-refractivity contribution in [3.63, 3.8) is 0 Å². The molecule has 3 atom stereocenters. The molecule has 4 N–H and O–H groups in total. The minimum Gasteiger partial charge on any atom is -0.496 e. The fourth-order valence-corrected chi connectivity index (χ4v) is 10.9. The summed E-state index contributed by atoms with van der Waals surface area (Å²) in [4.78, 5) is 73.6. The number of unbranched alkanes of at least 4 members (excludes halogenated alkanes) is 1. The average Bonchev–Trinajstić information content (AvgIpc) is 3.86. The van der Waals surface area contributed by atoms with Gasteiger partial charge in [0.2, 0.25) is 17.7 Å². The molecule has 69 heavy (non-hydrogen) atoms. The Balaban J connectivity index is 1.20. The number of rotatable bonds is 21. The van der Waals surface area contributed by atoms with Gasteiger partial charge in [0.15, 0.2) is 5.78 Å². The van der Waals surface area contributed by atoms with Gasteiger partial charge in [0.05, 0.1) is 18.0 Å². The van der Waals surface area contributed by atoms with E-state index < -0.39 is 52.0 Å². The third-order valence-corrected chi connectivity index (χ3v) is 14.7. The Morgan fingerprint density at radius 2 is 1.39 bits per heavy atom. The fourth-order valence-electron chi connectivity index (χ4n) is 9.38. The lowest BCUT2D eigenvalue weighted by atomic mass is 9.84. The molecule has 6 rings (SSSR count). The minimum atomic E-state index is -4.16. The number of nitrogens with one attached hydrogen (secondary N) is 2. The summed E-state index contributed by atoms with van der Waals surface area (Å²) in [5, 5.41) is 5.82. The highest BCUT2D eigenvalue weighted by atomic mass is 32.2. The average molecular weight is 963 g/mol. The highest BCUT2D eigenvalue weighted by Gasteiger charge is 2.42. The van der Waals surface area contributed by atoms with Crippen LogP contribution in [0.15, 0.2) is 106 Å². The molecule has 4 amide bonds. The van der Waals surface area contributed by atoms with Gasteiger partial charge in [-0.15, -0.1) is 4.40 Å². The second kappa shape index (κ2) is 24.6. The van der Waals surface area contributed by atoms with Gasteiger partial charge in [-0.05, 0) is 105 Å². The molecule has 2 heterocycles. The van der Waals surface area contributed by atoms with Crippen LogP contribution in [-0.4, -0.2) is 98.5 Å². The van der Waals surface area contributed by atoms with Gasteiger partial charge < -0.3 is 35.6 Å². The molecule has 0 spiro atoms. The van der Waals surface area contributed by atoms with Crippen LogP contribution in [0.25, 0.3) is 0 Å². The number of benzene rings is 4. The number of ketones is 1. The number of carbonyl (C=O) groups excluding carboxylic acids is 5. The number of nitrogens with two attached hydrogens (primary N) is 1. The lowest BCUT2D eigenvalue weighted by Crippen LogP contribution is -2.57. The Morgan fingerprint density at radius 3 is 2.01 bits per heavy atom. The molecule has 2 aliphatic rings. The summed E-state index contributed by atoms with van der Waals surface area (Å²) < 4.78 is 42.0. The zero-order valence-corrected chi connectivity index (χ0v) is 41.0. The molecule has 0 aromatic heterocycles. The number of methoxy groups -OCH3 is 1. The van der Waals surface area contributed by atoms with Crippen LogP contribution in [-0.2, 0) is 40.5 Å². The Hall–Kier alpha value is -6.55. The topological polar surface area (TPSA) is 207 Å². The Labute approximate surface area is 406 Å². The van der Waals surface area contributed by atoms with Gasteiger partial charge in [-0.2, -0.15) is 8.42 Å². The van der Waals surface area contributed by atoms with Gasteiger partial charge in [0.1, 0.15) is 30.3 Å². The first-order valence-corrected chi connectivity index (χ1v) is 25.3. The molecule has 16 heteroatoms. The van der Waals surface area contributed by atoms with Gasteiger partial charge in [-0.1, -0.05) is 97.4 Å². The van der Waals surface area contributed by atoms with E-state index in [0.717, 1.165) is 36.0 Å². The van der Waals surface area contributed by atoms with Crippen molar-refractivity contribution < 1.29 is 41.9 Å². The molecule has 1 unspecified atom stereocenters. The number of likely N-dealkylation sites (tertiary alicyclic amines) is 2. The molecule has 15 nitrogen and oxygen atoms in total. The standard InChI is InChI=1S/C53H66N6O9S/c1-36-34-45(67-4)37(2)38(3)50(36)69(65,66)57-46(54)28-16-15-26-42(44(60)29-30-47(61)58-31-17-8-18-32-58)55-51(62)43-27-19-33-59(43)52(63)49(56-53(64)68-35-39-20-9-5-10-21-39)48(40-22-11-6-12-23-40)41-24-13-7-14-25-41/h5-7,9-14,20-25,34,42-43,48-49H,8,15-19,26-33,35H2,1-4H3,(H2,54,57)(H,55,62)(H,56,64)/t42?,43-,49+/m0/s1. The van der Waals surface area contributed by atoms with Crippen LogP contribution in [0.3, 0.4) is 0 Å². The number of alkyl carbamates (subject to hydrolysis) is 1. The maximum absolute atomic E-state index is 15.0. The largest absolute Gasteiger partial charge is 0.496 e. The van der Waals surface area contributed by atoms with Crippen molar-refractivity contribution in [1.29, 1.82) is 0 Å². The van der Waals surface area contributed by atoms with Crippen LogP contribution >= 0.6 is 0 Å². The van der Waals surface area contributed by atoms with Crippen LogP contribution < -0.4 is 21.1 Å². The molecule has 4 aromatic rings. The Kier molecular flexibility index (Phi) is 18.5. The van der Waals surface area contributed by atoms with Crippen LogP contribution in [0, 0.1) is 20.8 Å². The van der Waals surface area contributed by atoms with Crippen LogP contribution in [0.1, 0.15) is 110 Å². The molecular weight excluding hydrogens is 897 g/mol. The summed E-state index contributed by atoms with van der Waals surface area (Å²) in [7, 11) is -2.64. The SMILES string of the molecule is COc1cc(C)c(S(=O)(=O)/N=C(/N)CCCCC(NC(=O)[C@@H]2CCCN2C(=O)[C@H](NC(=O)OCc2ccccc2)C(c2ccccc2)c2ccccc2)C(=O)CCC(=O)N2CCCCC2)c(C)c1C. The van der Waals surface area contributed by atoms with Crippen molar-refractivity contribution in [2.75, 3.05) is 26.7 Å². The Morgan fingerprint density at radius 1 is 0.768 bits per heavy atom. The number of sulfonamides is 1. The molecular formula is C53H66N6O9S. The second-order valence-corrected chi connectivity index (χ2v) is 19.5. The maximum atomic E-state index is 15.0. The fraction of sp³-hybridized carbons (Fsp3) is 0.434. The molecule has 0 bridgehead atoms. The minimum absolute atomic E-state index is 0.00550. The monoisotopic (exact) mass is 962 g/mol. The van der Waals surface area contributed by atoms with E-state index in [1.807, 2.05) is 91.0 Å². The third kappa shape index (κ3) is 13.8. The van der Waals surface area contributed by atoms with Gasteiger partial charge in [0.25, 0.3) is 10.0 Å². The Bertz CT molecular complexity index is 2510. The van der Waals surface area contributed by atoms with E-state index in [-0.39, 0.29) is 61.3 Å². The lowest BCUT2D eigenvalue weighted by Gasteiger charge is -2.33. The van der Waals surface area contributed by atoms with E-state index in [2.05, 4.69) is 15.0 Å². The van der Waals surface area contributed by atoms with Crippen molar-refractivity contribution in [1.82, 2.24) is 20.4 Å². The van der Waals surface area contributed by atoms with Crippen molar-refractivity contribution in [2.45, 2.75) is 127 Å². The summed E-state index contributed by atoms with van der Waals surface area (Å²) in [6, 6.07) is 26.4. The van der Waals surface area contributed by atoms with Crippen molar-refractivity contribution >= 4 is 45.5 Å². The zero-order valence-electron chi connectivity index (χ0n) is 40.2. The number of amides is 4. The highest BCUT2D eigenvalue weighted by molar-refractivity contribution is 7.90. The number of piperidine rings is 1. The highest BCUT2D eigenvalue weighted by Crippen LogP contribution is 2.33. The lowest BCUT2D eigenvalue weighted by molar-refractivity contribution is -0.141. The molecule has 0 aliphatic carbocycles. The third-order valence-electron chi connectivity index (χ3n) is 13.1. The summed E-state index contributed by atoms with van der Waals surface area (Å²) in [5.74, 6) is -1.66. The molecule has 4 aromatic carbocycles. The predicted octanol–water partition coefficient (Wildman–Crippen LogP) is 7.19. The molecule has 2 fully saturated rings. The molecule has 0 radical (unpaired) electrons. The van der Waals surface area contributed by atoms with E-state index in [4.69, 9.17) is 15.2 Å². The molecule has 2 aliphatic heterocycles. The number of aryl methyl sites for hydroxylation is 1. The first-order valence-electron chi connectivity index (χ1n) is 23.9. The number of nitrogens with zero attached hydrogens (tertiary/aromatic N) is 3. The van der Waals surface area contributed by atoms with Crippen molar-refractivity contribution in [3.8, 4) is 5.75 Å². The smallest absolute Gasteiger partial charge is 0.408 e. The number of hydrogen-bond donors (Lipinski definition) is 3. The van der Waals surface area contributed by atoms with Gasteiger partial charge in [0, 0.05) is 44.8 Å². The van der Waals surface area contributed by atoms with Gasteiger partial charge in [-0.25, -0.2) is 4.79 Å². The van der Waals surface area contributed by atoms with Crippen molar-refractivity contribution in [3.05, 3.63) is 130 Å². The van der Waals surface area contributed by atoms with E-state index in [1.54, 1.807) is 31.7 Å². The quantitative estimate of drug-likeness (QED) is 0.0435. The number of amidine groups is 1. The van der Waals surface area contributed by atoms with Gasteiger partial charge >= 0.3 is 6.09 Å². The van der Waals surface area contributed by atoms with Crippen LogP contribution in [0.4, 0.5) is 4.79 Å².